The van der Waals surface area contributed by atoms with Crippen LogP contribution in [0.1, 0.15) is 12.8 Å². The topological polar surface area (TPSA) is 20.5 Å². The van der Waals surface area contributed by atoms with Crippen molar-refractivity contribution >= 4 is 27.4 Å². The van der Waals surface area contributed by atoms with Crippen molar-refractivity contribution in [2.45, 2.75) is 12.8 Å². The molecule has 0 N–H and O–H groups in total. The number of alkyl halides is 1. The van der Waals surface area contributed by atoms with Gasteiger partial charge in [0, 0.05) is 30.8 Å². The molecule has 17 heavy (non-hydrogen) atoms. The van der Waals surface area contributed by atoms with Gasteiger partial charge in [0.15, 0.2) is 0 Å². The maximum Gasteiger partial charge on any atom is 0.138 e. The van der Waals surface area contributed by atoms with Crippen molar-refractivity contribution in [3.8, 4) is 0 Å². The lowest BCUT2D eigenvalue weighted by molar-refractivity contribution is 0.444. The van der Waals surface area contributed by atoms with Crippen LogP contribution in [0.15, 0.2) is 30.6 Å². The van der Waals surface area contributed by atoms with Crippen molar-refractivity contribution in [2.24, 2.45) is 5.92 Å². The van der Waals surface area contributed by atoms with Crippen LogP contribution in [0.3, 0.4) is 0 Å². The van der Waals surface area contributed by atoms with Crippen molar-refractivity contribution in [2.75, 3.05) is 23.3 Å². The molecule has 4 heteroatoms. The van der Waals surface area contributed by atoms with Crippen molar-refractivity contribution in [1.82, 2.24) is 9.38 Å². The monoisotopic (exact) mass is 293 g/mol. The zero-order valence-corrected chi connectivity index (χ0v) is 11.3. The number of halogens is 1. The third-order valence-electron chi connectivity index (χ3n) is 3.56. The van der Waals surface area contributed by atoms with E-state index in [0.717, 1.165) is 30.0 Å². The van der Waals surface area contributed by atoms with E-state index < -0.39 is 0 Å². The minimum atomic E-state index is 0.841. The van der Waals surface area contributed by atoms with E-state index in [0.29, 0.717) is 0 Å². The molecular formula is C13H16BrN3. The molecule has 2 aromatic rings. The van der Waals surface area contributed by atoms with E-state index in [1.54, 1.807) is 0 Å². The molecule has 1 aliphatic rings. The van der Waals surface area contributed by atoms with Crippen LogP contribution in [0.4, 0.5) is 5.82 Å². The summed E-state index contributed by atoms with van der Waals surface area (Å²) in [4.78, 5) is 6.80. The van der Waals surface area contributed by atoms with Gasteiger partial charge in [0.25, 0.3) is 0 Å². The van der Waals surface area contributed by atoms with Gasteiger partial charge in [-0.2, -0.15) is 0 Å². The predicted octanol–water partition coefficient (Wildman–Crippen LogP) is 2.95. The molecule has 1 fully saturated rings. The highest BCUT2D eigenvalue weighted by Gasteiger charge is 2.19. The van der Waals surface area contributed by atoms with Crippen LogP contribution < -0.4 is 4.90 Å². The highest BCUT2D eigenvalue weighted by molar-refractivity contribution is 9.09. The second-order valence-corrected chi connectivity index (χ2v) is 5.27. The van der Waals surface area contributed by atoms with Crippen LogP contribution in [-0.4, -0.2) is 27.8 Å². The van der Waals surface area contributed by atoms with E-state index in [2.05, 4.69) is 48.4 Å². The van der Waals surface area contributed by atoms with Crippen molar-refractivity contribution in [3.63, 3.8) is 0 Å². The molecule has 1 saturated heterocycles. The molecule has 0 aromatic carbocycles. The Bertz CT molecular complexity index is 500. The fourth-order valence-corrected chi connectivity index (χ4v) is 3.15. The first-order chi connectivity index (χ1) is 8.38. The maximum atomic E-state index is 4.33. The lowest BCUT2D eigenvalue weighted by Gasteiger charge is -2.33. The number of fused-ring (bicyclic) bond motifs is 1. The van der Waals surface area contributed by atoms with E-state index in [9.17, 15) is 0 Å². The van der Waals surface area contributed by atoms with Crippen LogP contribution in [0.5, 0.6) is 0 Å². The lowest BCUT2D eigenvalue weighted by atomic mass is 9.99. The molecular weight excluding hydrogens is 278 g/mol. The molecule has 0 saturated carbocycles. The number of imidazole rings is 1. The quantitative estimate of drug-likeness (QED) is 0.794. The van der Waals surface area contributed by atoms with Gasteiger partial charge in [-0.15, -0.1) is 0 Å². The first kappa shape index (κ1) is 11.1. The molecule has 0 atom stereocenters. The van der Waals surface area contributed by atoms with Crippen LogP contribution >= 0.6 is 15.9 Å². The van der Waals surface area contributed by atoms with Crippen molar-refractivity contribution in [3.05, 3.63) is 30.6 Å². The fraction of sp³-hybridized carbons (Fsp3) is 0.462. The Kier molecular flexibility index (Phi) is 3.05. The van der Waals surface area contributed by atoms with Crippen LogP contribution in [-0.2, 0) is 0 Å². The number of pyridine rings is 1. The van der Waals surface area contributed by atoms with Gasteiger partial charge in [0.1, 0.15) is 11.5 Å². The first-order valence-electron chi connectivity index (χ1n) is 6.11. The number of anilines is 1. The minimum Gasteiger partial charge on any atom is -0.358 e. The highest BCUT2D eigenvalue weighted by Crippen LogP contribution is 2.24. The summed E-state index contributed by atoms with van der Waals surface area (Å²) in [6, 6.07) is 6.33. The summed E-state index contributed by atoms with van der Waals surface area (Å²) in [7, 11) is 0. The summed E-state index contributed by atoms with van der Waals surface area (Å²) in [5.74, 6) is 2.11. The van der Waals surface area contributed by atoms with Gasteiger partial charge in [0.2, 0.25) is 0 Å². The molecule has 1 aliphatic heterocycles. The molecule has 0 spiro atoms. The average Bonchev–Trinajstić information content (AvgIpc) is 2.87. The molecule has 2 aromatic heterocycles. The van der Waals surface area contributed by atoms with Gasteiger partial charge in [-0.25, -0.2) is 4.98 Å². The van der Waals surface area contributed by atoms with Gasteiger partial charge in [-0.1, -0.05) is 22.0 Å². The van der Waals surface area contributed by atoms with Crippen LogP contribution in [0.2, 0.25) is 0 Å². The summed E-state index contributed by atoms with van der Waals surface area (Å²) in [5, 5.41) is 1.14. The predicted molar refractivity (Wildman–Crippen MR) is 73.9 cm³/mol. The van der Waals surface area contributed by atoms with E-state index in [1.807, 2.05) is 12.4 Å². The Hall–Kier alpha value is -1.03. The number of nitrogens with zero attached hydrogens (tertiary/aromatic N) is 3. The van der Waals surface area contributed by atoms with Crippen LogP contribution in [0, 0.1) is 5.92 Å². The van der Waals surface area contributed by atoms with Gasteiger partial charge in [0.05, 0.1) is 0 Å². The highest BCUT2D eigenvalue weighted by atomic mass is 79.9. The number of piperidine rings is 1. The number of aromatic nitrogens is 2. The average molecular weight is 294 g/mol. The van der Waals surface area contributed by atoms with Crippen LogP contribution in [0.25, 0.3) is 5.65 Å². The Morgan fingerprint density at radius 1 is 1.29 bits per heavy atom. The standard InChI is InChI=1S/C13H16BrN3/c14-10-11-4-7-16(8-5-11)13-3-1-2-12-15-6-9-17(12)13/h1-3,6,9,11H,4-5,7-8,10H2. The zero-order chi connectivity index (χ0) is 11.7. The van der Waals surface area contributed by atoms with E-state index >= 15 is 0 Å². The third-order valence-corrected chi connectivity index (χ3v) is 4.48. The largest absolute Gasteiger partial charge is 0.358 e. The third kappa shape index (κ3) is 2.06. The van der Waals surface area contributed by atoms with Gasteiger partial charge < -0.3 is 4.90 Å². The summed E-state index contributed by atoms with van der Waals surface area (Å²) < 4.78 is 2.18. The molecule has 3 nitrogen and oxygen atoms in total. The molecule has 0 bridgehead atoms. The summed E-state index contributed by atoms with van der Waals surface area (Å²) in [6.45, 7) is 2.29. The molecule has 0 aliphatic carbocycles. The Labute approximate surface area is 110 Å². The van der Waals surface area contributed by atoms with Gasteiger partial charge in [-0.3, -0.25) is 4.40 Å². The Morgan fingerprint density at radius 2 is 2.12 bits per heavy atom. The first-order valence-corrected chi connectivity index (χ1v) is 7.23. The van der Waals surface area contributed by atoms with E-state index in [-0.39, 0.29) is 0 Å². The maximum absolute atomic E-state index is 4.33. The number of hydrogen-bond donors (Lipinski definition) is 0. The SMILES string of the molecule is BrCC1CCN(c2cccc3nccn23)CC1. The molecule has 0 unspecified atom stereocenters. The van der Waals surface area contributed by atoms with E-state index in [1.165, 1.54) is 18.7 Å². The molecule has 90 valence electrons. The fourth-order valence-electron chi connectivity index (χ4n) is 2.51. The normalized spacial score (nSPS) is 17.8. The molecule has 3 heterocycles. The Morgan fingerprint density at radius 3 is 2.88 bits per heavy atom. The molecule has 0 amide bonds. The van der Waals surface area contributed by atoms with Gasteiger partial charge >= 0.3 is 0 Å². The second-order valence-electron chi connectivity index (χ2n) is 4.62. The molecule has 0 radical (unpaired) electrons. The second kappa shape index (κ2) is 4.69. The van der Waals surface area contributed by atoms with Crippen molar-refractivity contribution < 1.29 is 0 Å². The molecule has 3 rings (SSSR count). The Balaban J connectivity index is 1.87. The summed E-state index contributed by atoms with van der Waals surface area (Å²) >= 11 is 3.59. The number of hydrogen-bond acceptors (Lipinski definition) is 2. The summed E-state index contributed by atoms with van der Waals surface area (Å²) in [5.41, 5.74) is 1.03. The number of rotatable bonds is 2. The van der Waals surface area contributed by atoms with E-state index in [4.69, 9.17) is 0 Å². The lowest BCUT2D eigenvalue weighted by Crippen LogP contribution is -2.35. The van der Waals surface area contributed by atoms with Crippen molar-refractivity contribution in [1.29, 1.82) is 0 Å². The summed E-state index contributed by atoms with van der Waals surface area (Å²) in [6.07, 6.45) is 6.46. The zero-order valence-electron chi connectivity index (χ0n) is 9.72. The van der Waals surface area contributed by atoms with Gasteiger partial charge in [-0.05, 0) is 30.9 Å². The minimum absolute atomic E-state index is 0.841. The smallest absolute Gasteiger partial charge is 0.138 e.